The first-order valence-corrected chi connectivity index (χ1v) is 7.43. The molecule has 0 aliphatic heterocycles. The molecule has 1 aromatic rings. The summed E-state index contributed by atoms with van der Waals surface area (Å²) in [6, 6.07) is 7.13. The third-order valence-corrected chi connectivity index (χ3v) is 4.11. The summed E-state index contributed by atoms with van der Waals surface area (Å²) < 4.78 is 1.17. The number of hydrogen-bond acceptors (Lipinski definition) is 1. The fourth-order valence-corrected chi connectivity index (χ4v) is 3.16. The number of halogens is 1. The third-order valence-electron chi connectivity index (χ3n) is 3.16. The lowest BCUT2D eigenvalue weighted by Gasteiger charge is -2.21. The van der Waals surface area contributed by atoms with E-state index in [0.29, 0.717) is 12.0 Å². The average Bonchev–Trinajstić information content (AvgIpc) is 2.22. The molecule has 0 aliphatic rings. The molecular formula is C14H22IN. The van der Waals surface area contributed by atoms with E-state index in [1.807, 2.05) is 0 Å². The largest absolute Gasteiger partial charge is 0.309 e. The first-order chi connectivity index (χ1) is 7.56. The molecule has 0 saturated carbocycles. The van der Waals surface area contributed by atoms with Crippen LogP contribution in [-0.4, -0.2) is 10.5 Å². The lowest BCUT2D eigenvalue weighted by atomic mass is 10.0. The maximum atomic E-state index is 3.66. The van der Waals surface area contributed by atoms with Crippen molar-refractivity contribution >= 4 is 22.6 Å². The molecular weight excluding hydrogens is 309 g/mol. The molecule has 0 amide bonds. The Morgan fingerprint density at radius 3 is 2.19 bits per heavy atom. The second-order valence-corrected chi connectivity index (χ2v) is 5.64. The van der Waals surface area contributed by atoms with Crippen LogP contribution < -0.4 is 5.32 Å². The van der Waals surface area contributed by atoms with Crippen LogP contribution in [0, 0.1) is 19.8 Å². The van der Waals surface area contributed by atoms with E-state index in [9.17, 15) is 0 Å². The van der Waals surface area contributed by atoms with Gasteiger partial charge in [0.05, 0.1) is 0 Å². The third kappa shape index (κ3) is 3.74. The summed E-state index contributed by atoms with van der Waals surface area (Å²) in [5.41, 5.74) is 4.24. The van der Waals surface area contributed by atoms with Crippen LogP contribution in [0.15, 0.2) is 18.2 Å². The van der Waals surface area contributed by atoms with E-state index in [4.69, 9.17) is 0 Å². The Morgan fingerprint density at radius 2 is 1.75 bits per heavy atom. The molecule has 0 fully saturated rings. The molecule has 1 nitrogen and oxygen atoms in total. The molecule has 0 spiro atoms. The van der Waals surface area contributed by atoms with Gasteiger partial charge in [-0.25, -0.2) is 0 Å². The highest BCUT2D eigenvalue weighted by atomic mass is 127. The van der Waals surface area contributed by atoms with Crippen molar-refractivity contribution in [3.63, 3.8) is 0 Å². The highest BCUT2D eigenvalue weighted by Gasteiger charge is 2.11. The fourth-order valence-electron chi connectivity index (χ4n) is 1.83. The Kier molecular flexibility index (Phi) is 5.76. The standard InChI is InChI=1S/C14H22IN/c1-10(2)14(8-15)16-9-13-11(3)6-5-7-12(13)4/h5-7,10,14,16H,8-9H2,1-4H3. The second-order valence-electron chi connectivity index (χ2n) is 4.76. The molecule has 1 aromatic carbocycles. The highest BCUT2D eigenvalue weighted by molar-refractivity contribution is 14.1. The predicted octanol–water partition coefficient (Wildman–Crippen LogP) is 3.85. The molecule has 0 aromatic heterocycles. The first kappa shape index (κ1) is 14.0. The van der Waals surface area contributed by atoms with Crippen molar-refractivity contribution in [3.8, 4) is 0 Å². The zero-order chi connectivity index (χ0) is 12.1. The Balaban J connectivity index is 2.67. The molecule has 0 heterocycles. The maximum absolute atomic E-state index is 3.66. The van der Waals surface area contributed by atoms with Crippen LogP contribution in [0.2, 0.25) is 0 Å². The molecule has 1 rings (SSSR count). The topological polar surface area (TPSA) is 12.0 Å². The van der Waals surface area contributed by atoms with Crippen molar-refractivity contribution < 1.29 is 0 Å². The number of hydrogen-bond donors (Lipinski definition) is 1. The summed E-state index contributed by atoms with van der Waals surface area (Å²) in [5.74, 6) is 0.696. The number of nitrogens with one attached hydrogen (secondary N) is 1. The average molecular weight is 331 g/mol. The number of rotatable bonds is 5. The summed E-state index contributed by atoms with van der Waals surface area (Å²) >= 11 is 2.46. The fraction of sp³-hybridized carbons (Fsp3) is 0.571. The highest BCUT2D eigenvalue weighted by Crippen LogP contribution is 2.14. The van der Waals surface area contributed by atoms with Gasteiger partial charge in [-0.2, -0.15) is 0 Å². The molecule has 0 bridgehead atoms. The van der Waals surface area contributed by atoms with E-state index in [2.05, 4.69) is 73.8 Å². The van der Waals surface area contributed by atoms with Gasteiger partial charge in [0, 0.05) is 17.0 Å². The SMILES string of the molecule is Cc1cccc(C)c1CNC(CI)C(C)C. The quantitative estimate of drug-likeness (QED) is 0.638. The van der Waals surface area contributed by atoms with Crippen LogP contribution in [0.5, 0.6) is 0 Å². The number of alkyl halides is 1. The van der Waals surface area contributed by atoms with E-state index in [0.717, 1.165) is 6.54 Å². The number of aryl methyl sites for hydroxylation is 2. The Bertz CT molecular complexity index is 313. The van der Waals surface area contributed by atoms with Gasteiger partial charge in [-0.15, -0.1) is 0 Å². The van der Waals surface area contributed by atoms with Gasteiger partial charge in [0.2, 0.25) is 0 Å². The molecule has 0 saturated heterocycles. The van der Waals surface area contributed by atoms with Crippen molar-refractivity contribution in [2.75, 3.05) is 4.43 Å². The van der Waals surface area contributed by atoms with Gasteiger partial charge < -0.3 is 5.32 Å². The molecule has 1 unspecified atom stereocenters. The van der Waals surface area contributed by atoms with Gasteiger partial charge in [0.25, 0.3) is 0 Å². The Morgan fingerprint density at radius 1 is 1.19 bits per heavy atom. The van der Waals surface area contributed by atoms with Crippen molar-refractivity contribution in [3.05, 3.63) is 34.9 Å². The minimum atomic E-state index is 0.611. The smallest absolute Gasteiger partial charge is 0.0213 e. The normalized spacial score (nSPS) is 13.1. The number of benzene rings is 1. The van der Waals surface area contributed by atoms with E-state index in [1.54, 1.807) is 0 Å². The minimum Gasteiger partial charge on any atom is -0.309 e. The Labute approximate surface area is 113 Å². The molecule has 16 heavy (non-hydrogen) atoms. The predicted molar refractivity (Wildman–Crippen MR) is 80.3 cm³/mol. The lowest BCUT2D eigenvalue weighted by molar-refractivity contribution is 0.435. The van der Waals surface area contributed by atoms with Crippen LogP contribution in [-0.2, 0) is 6.54 Å². The van der Waals surface area contributed by atoms with Crippen LogP contribution in [0.1, 0.15) is 30.5 Å². The van der Waals surface area contributed by atoms with Crippen molar-refractivity contribution in [1.29, 1.82) is 0 Å². The molecule has 1 N–H and O–H groups in total. The van der Waals surface area contributed by atoms with Gasteiger partial charge in [-0.05, 0) is 36.5 Å². The summed E-state index contributed by atoms with van der Waals surface area (Å²) in [7, 11) is 0. The van der Waals surface area contributed by atoms with E-state index < -0.39 is 0 Å². The Hall–Kier alpha value is -0.0900. The maximum Gasteiger partial charge on any atom is 0.0213 e. The summed E-state index contributed by atoms with van der Waals surface area (Å²) in [6.45, 7) is 9.93. The van der Waals surface area contributed by atoms with Crippen LogP contribution in [0.3, 0.4) is 0 Å². The van der Waals surface area contributed by atoms with Gasteiger partial charge in [-0.1, -0.05) is 54.6 Å². The zero-order valence-electron chi connectivity index (χ0n) is 10.7. The summed E-state index contributed by atoms with van der Waals surface area (Å²) in [4.78, 5) is 0. The monoisotopic (exact) mass is 331 g/mol. The van der Waals surface area contributed by atoms with Crippen molar-refractivity contribution in [2.45, 2.75) is 40.3 Å². The van der Waals surface area contributed by atoms with E-state index >= 15 is 0 Å². The van der Waals surface area contributed by atoms with Crippen LogP contribution in [0.4, 0.5) is 0 Å². The molecule has 0 aliphatic carbocycles. The van der Waals surface area contributed by atoms with E-state index in [1.165, 1.54) is 21.1 Å². The zero-order valence-corrected chi connectivity index (χ0v) is 12.8. The van der Waals surface area contributed by atoms with Crippen molar-refractivity contribution in [1.82, 2.24) is 5.32 Å². The van der Waals surface area contributed by atoms with Crippen molar-refractivity contribution in [2.24, 2.45) is 5.92 Å². The molecule has 1 atom stereocenters. The molecule has 90 valence electrons. The molecule has 2 heteroatoms. The van der Waals surface area contributed by atoms with Gasteiger partial charge in [-0.3, -0.25) is 0 Å². The summed E-state index contributed by atoms with van der Waals surface area (Å²) in [5, 5.41) is 3.66. The second kappa shape index (κ2) is 6.60. The lowest BCUT2D eigenvalue weighted by Crippen LogP contribution is -2.35. The van der Waals surface area contributed by atoms with Crippen LogP contribution in [0.25, 0.3) is 0 Å². The van der Waals surface area contributed by atoms with Gasteiger partial charge in [0.1, 0.15) is 0 Å². The van der Waals surface area contributed by atoms with Gasteiger partial charge in [0.15, 0.2) is 0 Å². The summed E-state index contributed by atoms with van der Waals surface area (Å²) in [6.07, 6.45) is 0. The first-order valence-electron chi connectivity index (χ1n) is 5.90. The van der Waals surface area contributed by atoms with E-state index in [-0.39, 0.29) is 0 Å². The molecule has 0 radical (unpaired) electrons. The minimum absolute atomic E-state index is 0.611. The van der Waals surface area contributed by atoms with Gasteiger partial charge >= 0.3 is 0 Å². The van der Waals surface area contributed by atoms with Crippen LogP contribution >= 0.6 is 22.6 Å².